The fourth-order valence-electron chi connectivity index (χ4n) is 3.86. The molecule has 0 radical (unpaired) electrons. The van der Waals surface area contributed by atoms with Crippen LogP contribution >= 0.6 is 0 Å². The van der Waals surface area contributed by atoms with Gasteiger partial charge in [0.05, 0.1) is 17.4 Å². The summed E-state index contributed by atoms with van der Waals surface area (Å²) in [7, 11) is 1.32. The zero-order valence-electron chi connectivity index (χ0n) is 16.1. The minimum absolute atomic E-state index is 0.133. The van der Waals surface area contributed by atoms with Crippen LogP contribution in [-0.4, -0.2) is 30.5 Å². The summed E-state index contributed by atoms with van der Waals surface area (Å²) in [5, 5.41) is 10.9. The Labute approximate surface area is 169 Å². The molecule has 3 aromatic rings. The van der Waals surface area contributed by atoms with Crippen LogP contribution in [0.2, 0.25) is 0 Å². The Hall–Kier alpha value is -3.17. The summed E-state index contributed by atoms with van der Waals surface area (Å²) in [4.78, 5) is 17.0. The van der Waals surface area contributed by atoms with E-state index < -0.39 is 17.8 Å². The van der Waals surface area contributed by atoms with Crippen LogP contribution in [0.4, 0.5) is 13.2 Å². The number of pyridine rings is 1. The van der Waals surface area contributed by atoms with Gasteiger partial charge in [-0.1, -0.05) is 0 Å². The zero-order valence-corrected chi connectivity index (χ0v) is 16.1. The molecule has 10 heteroatoms. The van der Waals surface area contributed by atoms with E-state index in [0.29, 0.717) is 18.8 Å². The standard InChI is InChI=1S/C20H19F3N6O/c1-28-17(9-18(27-28)20(21,22)23)19(30)25-14-4-5-15-13(14)10-29(26-15)12-6-7-24-16(8-12)11-2-3-11/h6-11,14H,2-5H2,1H3,(H,25,30). The van der Waals surface area contributed by atoms with Gasteiger partial charge >= 0.3 is 6.18 Å². The predicted octanol–water partition coefficient (Wildman–Crippen LogP) is 3.31. The minimum Gasteiger partial charge on any atom is -0.344 e. The summed E-state index contributed by atoms with van der Waals surface area (Å²) in [6.45, 7) is 0. The number of amides is 1. The molecule has 156 valence electrons. The number of halogens is 3. The number of hydrogen-bond donors (Lipinski definition) is 1. The number of carbonyl (C=O) groups is 1. The highest BCUT2D eigenvalue weighted by molar-refractivity contribution is 5.93. The van der Waals surface area contributed by atoms with Crippen LogP contribution in [0.15, 0.2) is 30.6 Å². The fourth-order valence-corrected chi connectivity index (χ4v) is 3.86. The summed E-state index contributed by atoms with van der Waals surface area (Å²) >= 11 is 0. The second kappa shape index (κ2) is 6.68. The molecule has 0 aromatic carbocycles. The lowest BCUT2D eigenvalue weighted by Gasteiger charge is -2.13. The van der Waals surface area contributed by atoms with Crippen LogP contribution in [0.5, 0.6) is 0 Å². The van der Waals surface area contributed by atoms with Crippen LogP contribution in [0.25, 0.3) is 5.69 Å². The minimum atomic E-state index is -4.60. The van der Waals surface area contributed by atoms with E-state index in [1.165, 1.54) is 7.05 Å². The summed E-state index contributed by atoms with van der Waals surface area (Å²) < 4.78 is 41.3. The Kier molecular flexibility index (Phi) is 4.19. The van der Waals surface area contributed by atoms with Gasteiger partial charge in [-0.25, -0.2) is 4.68 Å². The highest BCUT2D eigenvalue weighted by Crippen LogP contribution is 2.39. The number of hydrogen-bond acceptors (Lipinski definition) is 4. The Morgan fingerprint density at radius 2 is 2.00 bits per heavy atom. The van der Waals surface area contributed by atoms with Crippen molar-refractivity contribution in [3.05, 3.63) is 58.9 Å². The quantitative estimate of drug-likeness (QED) is 0.708. The SMILES string of the molecule is Cn1nc(C(F)(F)F)cc1C(=O)NC1CCc2nn(-c3ccnc(C4CC4)c3)cc21. The van der Waals surface area contributed by atoms with Gasteiger partial charge in [0.1, 0.15) is 5.69 Å². The molecule has 0 aliphatic heterocycles. The summed E-state index contributed by atoms with van der Waals surface area (Å²) in [5.74, 6) is -0.0640. The predicted molar refractivity (Wildman–Crippen MR) is 100 cm³/mol. The van der Waals surface area contributed by atoms with Crippen LogP contribution < -0.4 is 5.32 Å². The molecule has 1 N–H and O–H groups in total. The number of carbonyl (C=O) groups excluding carboxylic acids is 1. The molecular formula is C20H19F3N6O. The van der Waals surface area contributed by atoms with Crippen LogP contribution in [0.3, 0.4) is 0 Å². The maximum absolute atomic E-state index is 12.9. The topological polar surface area (TPSA) is 77.6 Å². The molecule has 1 unspecified atom stereocenters. The second-order valence-electron chi connectivity index (χ2n) is 7.79. The molecule has 7 nitrogen and oxygen atoms in total. The molecule has 3 heterocycles. The molecule has 3 aromatic heterocycles. The van der Waals surface area contributed by atoms with E-state index in [1.54, 1.807) is 10.9 Å². The first-order valence-corrected chi connectivity index (χ1v) is 9.76. The van der Waals surface area contributed by atoms with Crippen molar-refractivity contribution in [1.82, 2.24) is 29.9 Å². The number of fused-ring (bicyclic) bond motifs is 1. The molecule has 2 aliphatic rings. The maximum atomic E-state index is 12.9. The van der Waals surface area contributed by atoms with Gasteiger partial charge in [0, 0.05) is 42.7 Å². The third-order valence-electron chi connectivity index (χ3n) is 5.60. The molecule has 1 atom stereocenters. The van der Waals surface area contributed by atoms with Gasteiger partial charge in [-0.15, -0.1) is 0 Å². The lowest BCUT2D eigenvalue weighted by Crippen LogP contribution is -2.28. The number of rotatable bonds is 4. The number of alkyl halides is 3. The first kappa shape index (κ1) is 18.8. The zero-order chi connectivity index (χ0) is 21.0. The highest BCUT2D eigenvalue weighted by atomic mass is 19.4. The molecule has 5 rings (SSSR count). The van der Waals surface area contributed by atoms with Gasteiger partial charge in [0.25, 0.3) is 5.91 Å². The van der Waals surface area contributed by atoms with Crippen LogP contribution in [0, 0.1) is 0 Å². The van der Waals surface area contributed by atoms with Gasteiger partial charge in [-0.3, -0.25) is 14.5 Å². The number of nitrogens with one attached hydrogen (secondary N) is 1. The first-order chi connectivity index (χ1) is 14.3. The number of aromatic nitrogens is 5. The maximum Gasteiger partial charge on any atom is 0.435 e. The summed E-state index contributed by atoms with van der Waals surface area (Å²) in [6.07, 6.45) is 2.71. The third-order valence-corrected chi connectivity index (χ3v) is 5.60. The monoisotopic (exact) mass is 416 g/mol. The van der Waals surface area contributed by atoms with Gasteiger partial charge in [0.2, 0.25) is 0 Å². The molecule has 1 fully saturated rings. The average molecular weight is 416 g/mol. The molecule has 2 aliphatic carbocycles. The average Bonchev–Trinajstić information content (AvgIpc) is 3.17. The van der Waals surface area contributed by atoms with E-state index in [9.17, 15) is 18.0 Å². The van der Waals surface area contributed by atoms with Crippen molar-refractivity contribution >= 4 is 5.91 Å². The molecule has 1 saturated carbocycles. The second-order valence-corrected chi connectivity index (χ2v) is 7.79. The van der Waals surface area contributed by atoms with Crippen molar-refractivity contribution in [2.75, 3.05) is 0 Å². The lowest BCUT2D eigenvalue weighted by molar-refractivity contribution is -0.141. The van der Waals surface area contributed by atoms with Crippen molar-refractivity contribution in [2.45, 2.75) is 43.8 Å². The molecule has 0 spiro atoms. The van der Waals surface area contributed by atoms with Crippen LogP contribution in [-0.2, 0) is 19.6 Å². The molecule has 1 amide bonds. The first-order valence-electron chi connectivity index (χ1n) is 9.76. The smallest absolute Gasteiger partial charge is 0.344 e. The van der Waals surface area contributed by atoms with Crippen molar-refractivity contribution in [2.24, 2.45) is 7.05 Å². The molecule has 0 bridgehead atoms. The van der Waals surface area contributed by atoms with E-state index in [-0.39, 0.29) is 11.7 Å². The van der Waals surface area contributed by atoms with Crippen molar-refractivity contribution in [3.8, 4) is 5.69 Å². The fraction of sp³-hybridized carbons (Fsp3) is 0.400. The largest absolute Gasteiger partial charge is 0.435 e. The van der Waals surface area contributed by atoms with Gasteiger partial charge in [-0.05, 0) is 37.8 Å². The van der Waals surface area contributed by atoms with E-state index >= 15 is 0 Å². The third kappa shape index (κ3) is 3.35. The Morgan fingerprint density at radius 1 is 1.20 bits per heavy atom. The number of aryl methyl sites for hydroxylation is 2. The van der Waals surface area contributed by atoms with Gasteiger partial charge in [0.15, 0.2) is 5.69 Å². The van der Waals surface area contributed by atoms with Crippen molar-refractivity contribution in [3.63, 3.8) is 0 Å². The van der Waals surface area contributed by atoms with Gasteiger partial charge in [-0.2, -0.15) is 23.4 Å². The van der Waals surface area contributed by atoms with E-state index in [0.717, 1.165) is 46.2 Å². The van der Waals surface area contributed by atoms with Crippen molar-refractivity contribution < 1.29 is 18.0 Å². The van der Waals surface area contributed by atoms with Crippen molar-refractivity contribution in [1.29, 1.82) is 0 Å². The number of nitrogens with zero attached hydrogens (tertiary/aromatic N) is 5. The Balaban J connectivity index is 1.36. The molecule has 30 heavy (non-hydrogen) atoms. The lowest BCUT2D eigenvalue weighted by atomic mass is 10.2. The normalized spacial score (nSPS) is 18.5. The van der Waals surface area contributed by atoms with Crippen LogP contribution in [0.1, 0.15) is 64.4 Å². The Bertz CT molecular complexity index is 1130. The van der Waals surface area contributed by atoms with E-state index in [2.05, 4.69) is 20.5 Å². The van der Waals surface area contributed by atoms with E-state index in [4.69, 9.17) is 0 Å². The molecule has 0 saturated heterocycles. The highest BCUT2D eigenvalue weighted by Gasteiger charge is 2.36. The van der Waals surface area contributed by atoms with E-state index in [1.807, 2.05) is 18.3 Å². The summed E-state index contributed by atoms with van der Waals surface area (Å²) in [5.41, 5.74) is 2.51. The molecular weight excluding hydrogens is 397 g/mol. The van der Waals surface area contributed by atoms with Gasteiger partial charge < -0.3 is 5.32 Å². The summed E-state index contributed by atoms with van der Waals surface area (Å²) in [6, 6.07) is 4.37. The Morgan fingerprint density at radius 3 is 2.70 bits per heavy atom.